The molecule has 0 bridgehead atoms. The topological polar surface area (TPSA) is 54.4 Å². The zero-order valence-corrected chi connectivity index (χ0v) is 10.5. The lowest BCUT2D eigenvalue weighted by Crippen LogP contribution is -2.18. The number of amides is 1. The van der Waals surface area contributed by atoms with Gasteiger partial charge in [0.15, 0.2) is 0 Å². The molecular weight excluding hydrogens is 238 g/mol. The Morgan fingerprint density at radius 3 is 2.68 bits per heavy atom. The number of hydrazone groups is 1. The summed E-state index contributed by atoms with van der Waals surface area (Å²) in [4.78, 5) is 15.5. The molecule has 4 heteroatoms. The normalized spacial score (nSPS) is 10.5. The van der Waals surface area contributed by atoms with Crippen molar-refractivity contribution in [1.82, 2.24) is 10.4 Å². The molecule has 0 atom stereocenters. The van der Waals surface area contributed by atoms with Crippen LogP contribution in [0.2, 0.25) is 0 Å². The smallest absolute Gasteiger partial charge is 0.266 e. The number of carbonyl (C=O) groups excluding carboxylic acids is 1. The zero-order chi connectivity index (χ0) is 13.3. The SMILES string of the molecule is O=C(NN=CCCc1ccccc1)c1ccccn1. The summed E-state index contributed by atoms with van der Waals surface area (Å²) in [6, 6.07) is 15.3. The molecule has 19 heavy (non-hydrogen) atoms. The second kappa shape index (κ2) is 7.06. The minimum Gasteiger partial charge on any atom is -0.266 e. The molecule has 1 amide bonds. The van der Waals surface area contributed by atoms with Gasteiger partial charge >= 0.3 is 0 Å². The number of aryl methyl sites for hydroxylation is 1. The molecule has 2 rings (SSSR count). The molecule has 1 heterocycles. The highest BCUT2D eigenvalue weighted by atomic mass is 16.2. The molecule has 0 unspecified atom stereocenters. The van der Waals surface area contributed by atoms with Crippen molar-refractivity contribution in [2.45, 2.75) is 12.8 Å². The summed E-state index contributed by atoms with van der Waals surface area (Å²) in [7, 11) is 0. The van der Waals surface area contributed by atoms with Gasteiger partial charge in [0.2, 0.25) is 0 Å². The van der Waals surface area contributed by atoms with Gasteiger partial charge in [-0.1, -0.05) is 36.4 Å². The van der Waals surface area contributed by atoms with Gasteiger partial charge in [-0.25, -0.2) is 5.43 Å². The van der Waals surface area contributed by atoms with E-state index in [0.717, 1.165) is 12.8 Å². The summed E-state index contributed by atoms with van der Waals surface area (Å²) < 4.78 is 0. The monoisotopic (exact) mass is 253 g/mol. The van der Waals surface area contributed by atoms with Gasteiger partial charge in [0, 0.05) is 12.4 Å². The van der Waals surface area contributed by atoms with E-state index < -0.39 is 0 Å². The molecule has 96 valence electrons. The number of nitrogens with one attached hydrogen (secondary N) is 1. The molecule has 0 aliphatic rings. The van der Waals surface area contributed by atoms with Gasteiger partial charge in [0.1, 0.15) is 5.69 Å². The van der Waals surface area contributed by atoms with Crippen LogP contribution in [-0.4, -0.2) is 17.1 Å². The number of aromatic nitrogens is 1. The minimum atomic E-state index is -0.295. The highest BCUT2D eigenvalue weighted by molar-refractivity contribution is 5.92. The van der Waals surface area contributed by atoms with Crippen molar-refractivity contribution in [3.8, 4) is 0 Å². The van der Waals surface area contributed by atoms with Gasteiger partial charge in [-0.15, -0.1) is 0 Å². The number of pyridine rings is 1. The van der Waals surface area contributed by atoms with Gasteiger partial charge in [-0.3, -0.25) is 9.78 Å². The summed E-state index contributed by atoms with van der Waals surface area (Å²) in [5, 5.41) is 3.90. The standard InChI is InChI=1S/C15H15N3O/c19-15(14-10-4-5-11-16-14)18-17-12-6-9-13-7-2-1-3-8-13/h1-5,7-8,10-12H,6,9H2,(H,18,19). The Morgan fingerprint density at radius 2 is 1.95 bits per heavy atom. The molecule has 0 fully saturated rings. The molecule has 0 aliphatic carbocycles. The van der Waals surface area contributed by atoms with E-state index in [1.165, 1.54) is 5.56 Å². The van der Waals surface area contributed by atoms with Gasteiger partial charge in [-0.05, 0) is 30.5 Å². The van der Waals surface area contributed by atoms with Crippen molar-refractivity contribution in [3.63, 3.8) is 0 Å². The number of hydrogen-bond donors (Lipinski definition) is 1. The molecule has 0 radical (unpaired) electrons. The van der Waals surface area contributed by atoms with Crippen LogP contribution in [-0.2, 0) is 6.42 Å². The molecule has 1 N–H and O–H groups in total. The molecule has 1 aromatic carbocycles. The predicted molar refractivity (Wildman–Crippen MR) is 75.0 cm³/mol. The van der Waals surface area contributed by atoms with Crippen molar-refractivity contribution in [2.24, 2.45) is 5.10 Å². The van der Waals surface area contributed by atoms with E-state index in [0.29, 0.717) is 5.69 Å². The maximum Gasteiger partial charge on any atom is 0.289 e. The molecule has 0 spiro atoms. The fraction of sp³-hybridized carbons (Fsp3) is 0.133. The van der Waals surface area contributed by atoms with E-state index in [1.54, 1.807) is 30.6 Å². The first kappa shape index (κ1) is 13.0. The summed E-state index contributed by atoms with van der Waals surface area (Å²) in [6.45, 7) is 0. The quantitative estimate of drug-likeness (QED) is 0.657. The second-order valence-corrected chi connectivity index (χ2v) is 3.99. The number of rotatable bonds is 5. The third-order valence-corrected chi connectivity index (χ3v) is 2.56. The molecule has 0 saturated carbocycles. The lowest BCUT2D eigenvalue weighted by molar-refractivity contribution is 0.0950. The van der Waals surface area contributed by atoms with Crippen LogP contribution in [0, 0.1) is 0 Å². The summed E-state index contributed by atoms with van der Waals surface area (Å²) in [6.07, 6.45) is 4.97. The lowest BCUT2D eigenvalue weighted by atomic mass is 10.1. The number of carbonyl (C=O) groups is 1. The second-order valence-electron chi connectivity index (χ2n) is 3.99. The first-order valence-electron chi connectivity index (χ1n) is 6.13. The van der Waals surface area contributed by atoms with Crippen LogP contribution in [0.25, 0.3) is 0 Å². The van der Waals surface area contributed by atoms with Crippen LogP contribution in [0.1, 0.15) is 22.5 Å². The van der Waals surface area contributed by atoms with Crippen molar-refractivity contribution < 1.29 is 4.79 Å². The average Bonchev–Trinajstić information content (AvgIpc) is 2.49. The van der Waals surface area contributed by atoms with E-state index in [4.69, 9.17) is 0 Å². The van der Waals surface area contributed by atoms with Crippen LogP contribution >= 0.6 is 0 Å². The number of benzene rings is 1. The molecule has 1 aromatic heterocycles. The Bertz CT molecular complexity index is 538. The van der Waals surface area contributed by atoms with Crippen LogP contribution in [0.4, 0.5) is 0 Å². The fourth-order valence-corrected chi connectivity index (χ4v) is 1.60. The zero-order valence-electron chi connectivity index (χ0n) is 10.5. The molecule has 0 saturated heterocycles. The van der Waals surface area contributed by atoms with E-state index >= 15 is 0 Å². The fourth-order valence-electron chi connectivity index (χ4n) is 1.60. The molecule has 4 nitrogen and oxygen atoms in total. The van der Waals surface area contributed by atoms with E-state index in [-0.39, 0.29) is 5.91 Å². The summed E-state index contributed by atoms with van der Waals surface area (Å²) in [5.74, 6) is -0.295. The predicted octanol–water partition coefficient (Wildman–Crippen LogP) is 2.43. The Balaban J connectivity index is 1.74. The number of nitrogens with zero attached hydrogens (tertiary/aromatic N) is 2. The maximum absolute atomic E-state index is 11.6. The van der Waals surface area contributed by atoms with E-state index in [9.17, 15) is 4.79 Å². The summed E-state index contributed by atoms with van der Waals surface area (Å²) >= 11 is 0. The van der Waals surface area contributed by atoms with Crippen LogP contribution in [0.3, 0.4) is 0 Å². The Hall–Kier alpha value is -2.49. The Morgan fingerprint density at radius 1 is 1.16 bits per heavy atom. The van der Waals surface area contributed by atoms with Crippen LogP contribution in [0.15, 0.2) is 59.8 Å². The molecular formula is C15H15N3O. The van der Waals surface area contributed by atoms with Crippen LogP contribution in [0.5, 0.6) is 0 Å². The maximum atomic E-state index is 11.6. The van der Waals surface area contributed by atoms with E-state index in [2.05, 4.69) is 27.6 Å². The van der Waals surface area contributed by atoms with Gasteiger partial charge in [-0.2, -0.15) is 5.10 Å². The first-order valence-corrected chi connectivity index (χ1v) is 6.13. The Kier molecular flexibility index (Phi) is 4.81. The van der Waals surface area contributed by atoms with Crippen LogP contribution < -0.4 is 5.43 Å². The average molecular weight is 253 g/mol. The van der Waals surface area contributed by atoms with Gasteiger partial charge < -0.3 is 0 Å². The van der Waals surface area contributed by atoms with Crippen molar-refractivity contribution >= 4 is 12.1 Å². The Labute approximate surface area is 112 Å². The van der Waals surface area contributed by atoms with E-state index in [1.807, 2.05) is 18.2 Å². The highest BCUT2D eigenvalue weighted by Crippen LogP contribution is 2.00. The molecule has 2 aromatic rings. The third kappa shape index (κ3) is 4.35. The van der Waals surface area contributed by atoms with Crippen molar-refractivity contribution in [3.05, 3.63) is 66.0 Å². The van der Waals surface area contributed by atoms with Gasteiger partial charge in [0.25, 0.3) is 5.91 Å². The summed E-state index contributed by atoms with van der Waals surface area (Å²) in [5.41, 5.74) is 4.07. The number of hydrogen-bond acceptors (Lipinski definition) is 3. The third-order valence-electron chi connectivity index (χ3n) is 2.56. The lowest BCUT2D eigenvalue weighted by Gasteiger charge is -1.98. The van der Waals surface area contributed by atoms with Crippen molar-refractivity contribution in [2.75, 3.05) is 0 Å². The van der Waals surface area contributed by atoms with Crippen molar-refractivity contribution in [1.29, 1.82) is 0 Å². The van der Waals surface area contributed by atoms with Gasteiger partial charge in [0.05, 0.1) is 0 Å². The highest BCUT2D eigenvalue weighted by Gasteiger charge is 2.02. The first-order chi connectivity index (χ1) is 9.36. The molecule has 0 aliphatic heterocycles. The minimum absolute atomic E-state index is 0.295. The largest absolute Gasteiger partial charge is 0.289 e.